The Morgan fingerprint density at radius 3 is 2.17 bits per heavy atom. The van der Waals surface area contributed by atoms with E-state index in [2.05, 4.69) is 10.6 Å². The largest absolute Gasteiger partial charge is 0.479 e. The van der Waals surface area contributed by atoms with Crippen molar-refractivity contribution in [2.75, 3.05) is 0 Å². The van der Waals surface area contributed by atoms with E-state index in [0.29, 0.717) is 12.0 Å². The number of rotatable bonds is 9. The van der Waals surface area contributed by atoms with Crippen LogP contribution in [0.5, 0.6) is 0 Å². The fourth-order valence-electron chi connectivity index (χ4n) is 2.52. The lowest BCUT2D eigenvalue weighted by Crippen LogP contribution is -2.51. The summed E-state index contributed by atoms with van der Waals surface area (Å²) >= 11 is 0. The van der Waals surface area contributed by atoms with Crippen molar-refractivity contribution in [2.24, 2.45) is 0 Å². The molecule has 1 aromatic carbocycles. The summed E-state index contributed by atoms with van der Waals surface area (Å²) in [5.74, 6) is -1.58. The molecule has 1 rings (SSSR count). The summed E-state index contributed by atoms with van der Waals surface area (Å²) in [7, 11) is 0. The highest BCUT2D eigenvalue weighted by molar-refractivity contribution is 5.88. The van der Waals surface area contributed by atoms with Crippen LogP contribution in [-0.4, -0.2) is 28.9 Å². The van der Waals surface area contributed by atoms with Gasteiger partial charge in [0.25, 0.3) is 0 Å². The predicted octanol–water partition coefficient (Wildman–Crippen LogP) is 2.19. The predicted molar refractivity (Wildman–Crippen MR) is 91.3 cm³/mol. The molecular formula is C18H26N2O4. The number of hydrogen-bond acceptors (Lipinski definition) is 3. The third-order valence-electron chi connectivity index (χ3n) is 3.77. The van der Waals surface area contributed by atoms with E-state index in [1.54, 1.807) is 37.3 Å². The van der Waals surface area contributed by atoms with Gasteiger partial charge in [0.15, 0.2) is 5.54 Å². The Kier molecular flexibility index (Phi) is 7.42. The fraction of sp³-hybridized carbons (Fsp3) is 0.500. The number of aliphatic carboxylic acids is 1. The van der Waals surface area contributed by atoms with Crippen LogP contribution in [0.4, 0.5) is 0 Å². The number of carbonyl (C=O) groups is 3. The van der Waals surface area contributed by atoms with E-state index in [1.165, 1.54) is 0 Å². The maximum atomic E-state index is 12.2. The first-order valence-corrected chi connectivity index (χ1v) is 8.21. The maximum Gasteiger partial charge on any atom is 0.334 e. The van der Waals surface area contributed by atoms with Crippen LogP contribution in [0.1, 0.15) is 52.0 Å². The second-order valence-electron chi connectivity index (χ2n) is 6.05. The molecule has 0 saturated heterocycles. The van der Waals surface area contributed by atoms with Gasteiger partial charge >= 0.3 is 5.97 Å². The van der Waals surface area contributed by atoms with E-state index < -0.39 is 11.5 Å². The molecule has 6 nitrogen and oxygen atoms in total. The van der Waals surface area contributed by atoms with Crippen molar-refractivity contribution in [1.82, 2.24) is 10.6 Å². The maximum absolute atomic E-state index is 12.2. The number of carboxylic acids is 1. The number of carbonyl (C=O) groups excluding carboxylic acids is 2. The van der Waals surface area contributed by atoms with Crippen LogP contribution >= 0.6 is 0 Å². The highest BCUT2D eigenvalue weighted by Crippen LogP contribution is 2.25. The Morgan fingerprint density at radius 2 is 1.67 bits per heavy atom. The highest BCUT2D eigenvalue weighted by atomic mass is 16.4. The van der Waals surface area contributed by atoms with Crippen LogP contribution in [0.15, 0.2) is 30.3 Å². The summed E-state index contributed by atoms with van der Waals surface area (Å²) < 4.78 is 0. The Hall–Kier alpha value is -2.37. The SMILES string of the molecule is CCC(NC(=O)CCCC(=O)NC(C)C)(C(=O)O)c1ccccc1. The molecule has 0 bridgehead atoms. The average molecular weight is 334 g/mol. The van der Waals surface area contributed by atoms with Crippen molar-refractivity contribution >= 4 is 17.8 Å². The van der Waals surface area contributed by atoms with Gasteiger partial charge in [-0.2, -0.15) is 0 Å². The van der Waals surface area contributed by atoms with E-state index in [0.717, 1.165) is 0 Å². The molecule has 132 valence electrons. The number of benzene rings is 1. The molecule has 0 spiro atoms. The first-order chi connectivity index (χ1) is 11.3. The van der Waals surface area contributed by atoms with Crippen LogP contribution in [-0.2, 0) is 19.9 Å². The van der Waals surface area contributed by atoms with Crippen molar-refractivity contribution in [3.63, 3.8) is 0 Å². The van der Waals surface area contributed by atoms with Gasteiger partial charge in [0.1, 0.15) is 0 Å². The van der Waals surface area contributed by atoms with Gasteiger partial charge in [-0.15, -0.1) is 0 Å². The molecule has 24 heavy (non-hydrogen) atoms. The van der Waals surface area contributed by atoms with Gasteiger partial charge in [-0.25, -0.2) is 4.79 Å². The van der Waals surface area contributed by atoms with Gasteiger partial charge in [0, 0.05) is 18.9 Å². The third kappa shape index (κ3) is 5.37. The lowest BCUT2D eigenvalue weighted by atomic mass is 9.87. The second-order valence-corrected chi connectivity index (χ2v) is 6.05. The van der Waals surface area contributed by atoms with Crippen molar-refractivity contribution in [2.45, 2.75) is 58.0 Å². The van der Waals surface area contributed by atoms with Crippen LogP contribution in [0.25, 0.3) is 0 Å². The van der Waals surface area contributed by atoms with Crippen molar-refractivity contribution in [3.8, 4) is 0 Å². The van der Waals surface area contributed by atoms with Crippen molar-refractivity contribution < 1.29 is 19.5 Å². The number of carboxylic acid groups (broad SMARTS) is 1. The standard InChI is InChI=1S/C18H26N2O4/c1-4-18(17(23)24,14-9-6-5-7-10-14)20-16(22)12-8-11-15(21)19-13(2)3/h5-7,9-10,13H,4,8,11-12H2,1-3H3,(H,19,21)(H,20,22)(H,23,24). The molecule has 2 amide bonds. The Balaban J connectivity index is 2.70. The zero-order valence-corrected chi connectivity index (χ0v) is 14.5. The van der Waals surface area contributed by atoms with Gasteiger partial charge in [-0.05, 0) is 32.3 Å². The molecule has 0 radical (unpaired) electrons. The monoisotopic (exact) mass is 334 g/mol. The van der Waals surface area contributed by atoms with Gasteiger partial charge in [-0.1, -0.05) is 37.3 Å². The van der Waals surface area contributed by atoms with Gasteiger partial charge in [-0.3, -0.25) is 9.59 Å². The molecule has 0 heterocycles. The van der Waals surface area contributed by atoms with Crippen LogP contribution < -0.4 is 10.6 Å². The number of amides is 2. The number of hydrogen-bond donors (Lipinski definition) is 3. The summed E-state index contributed by atoms with van der Waals surface area (Å²) in [6.07, 6.45) is 0.945. The summed E-state index contributed by atoms with van der Waals surface area (Å²) in [4.78, 5) is 35.6. The van der Waals surface area contributed by atoms with E-state index >= 15 is 0 Å². The molecule has 0 fully saturated rings. The van der Waals surface area contributed by atoms with Gasteiger partial charge < -0.3 is 15.7 Å². The molecule has 0 aliphatic heterocycles. The van der Waals surface area contributed by atoms with Crippen molar-refractivity contribution in [1.29, 1.82) is 0 Å². The van der Waals surface area contributed by atoms with E-state index in [4.69, 9.17) is 0 Å². The molecule has 6 heteroatoms. The smallest absolute Gasteiger partial charge is 0.334 e. The van der Waals surface area contributed by atoms with Gasteiger partial charge in [0.2, 0.25) is 11.8 Å². The minimum absolute atomic E-state index is 0.0594. The normalized spacial score (nSPS) is 13.2. The Morgan fingerprint density at radius 1 is 1.08 bits per heavy atom. The third-order valence-corrected chi connectivity index (χ3v) is 3.77. The topological polar surface area (TPSA) is 95.5 Å². The fourth-order valence-corrected chi connectivity index (χ4v) is 2.52. The average Bonchev–Trinajstić information content (AvgIpc) is 2.52. The zero-order valence-electron chi connectivity index (χ0n) is 14.5. The second kappa shape index (κ2) is 9.05. The Labute approximate surface area is 142 Å². The lowest BCUT2D eigenvalue weighted by Gasteiger charge is -2.30. The molecule has 0 aromatic heterocycles. The van der Waals surface area contributed by atoms with Crippen LogP contribution in [0.3, 0.4) is 0 Å². The van der Waals surface area contributed by atoms with E-state index in [-0.39, 0.29) is 37.1 Å². The molecule has 0 aliphatic rings. The molecular weight excluding hydrogens is 308 g/mol. The molecule has 0 saturated carbocycles. The molecule has 0 aliphatic carbocycles. The minimum atomic E-state index is -1.45. The quantitative estimate of drug-likeness (QED) is 0.645. The van der Waals surface area contributed by atoms with E-state index in [1.807, 2.05) is 13.8 Å². The van der Waals surface area contributed by atoms with Crippen LogP contribution in [0.2, 0.25) is 0 Å². The molecule has 1 unspecified atom stereocenters. The summed E-state index contributed by atoms with van der Waals surface area (Å²) in [5.41, 5.74) is -0.913. The summed E-state index contributed by atoms with van der Waals surface area (Å²) in [6, 6.07) is 8.71. The molecule has 3 N–H and O–H groups in total. The first kappa shape index (κ1) is 19.7. The van der Waals surface area contributed by atoms with Crippen LogP contribution in [0, 0.1) is 0 Å². The first-order valence-electron chi connectivity index (χ1n) is 8.21. The molecule has 1 aromatic rings. The Bertz CT molecular complexity index is 572. The lowest BCUT2D eigenvalue weighted by molar-refractivity contribution is -0.148. The molecule has 1 atom stereocenters. The zero-order chi connectivity index (χ0) is 18.2. The minimum Gasteiger partial charge on any atom is -0.479 e. The van der Waals surface area contributed by atoms with E-state index in [9.17, 15) is 19.5 Å². The summed E-state index contributed by atoms with van der Waals surface area (Å²) in [5, 5.41) is 15.1. The van der Waals surface area contributed by atoms with Crippen molar-refractivity contribution in [3.05, 3.63) is 35.9 Å². The van der Waals surface area contributed by atoms with Gasteiger partial charge in [0.05, 0.1) is 0 Å². The number of nitrogens with one attached hydrogen (secondary N) is 2. The highest BCUT2D eigenvalue weighted by Gasteiger charge is 2.39. The summed E-state index contributed by atoms with van der Waals surface area (Å²) in [6.45, 7) is 5.46.